The summed E-state index contributed by atoms with van der Waals surface area (Å²) in [6.45, 7) is 0.663. The second-order valence-corrected chi connectivity index (χ2v) is 9.34. The Balaban J connectivity index is 1.47. The number of thiocarbonyl (C=S) groups is 1. The molecule has 0 radical (unpaired) electrons. The Morgan fingerprint density at radius 3 is 2.50 bits per heavy atom. The van der Waals surface area contributed by atoms with Gasteiger partial charge in [0.05, 0.1) is 4.91 Å². The maximum atomic E-state index is 12.9. The number of rotatable bonds is 11. The third-order valence-electron chi connectivity index (χ3n) is 5.36. The molecule has 1 fully saturated rings. The van der Waals surface area contributed by atoms with E-state index in [-0.39, 0.29) is 12.3 Å². The van der Waals surface area contributed by atoms with Crippen LogP contribution in [0.3, 0.4) is 0 Å². The van der Waals surface area contributed by atoms with Crippen molar-refractivity contribution in [1.29, 1.82) is 0 Å². The van der Waals surface area contributed by atoms with E-state index >= 15 is 0 Å². The van der Waals surface area contributed by atoms with Crippen molar-refractivity contribution in [3.63, 3.8) is 0 Å². The molecule has 160 valence electrons. The summed E-state index contributed by atoms with van der Waals surface area (Å²) in [7, 11) is 2.01. The molecule has 7 heteroatoms. The molecule has 0 atom stereocenters. The molecule has 1 aliphatic heterocycles. The normalized spacial score (nSPS) is 15.6. The van der Waals surface area contributed by atoms with Gasteiger partial charge in [-0.3, -0.25) is 14.5 Å². The lowest BCUT2D eigenvalue weighted by molar-refractivity contribution is -0.137. The van der Waals surface area contributed by atoms with E-state index in [4.69, 9.17) is 17.3 Å². The first-order chi connectivity index (χ1) is 14.5. The SMILES string of the molecule is Cn1cc(/C=C2\SC(=S)N(CCCCCCCCCC(=O)O)C2=O)c2ccccc21. The maximum Gasteiger partial charge on any atom is 0.303 e. The Morgan fingerprint density at radius 1 is 1.10 bits per heavy atom. The molecular formula is C23H28N2O3S2. The minimum atomic E-state index is -0.715. The molecule has 0 aliphatic carbocycles. The van der Waals surface area contributed by atoms with E-state index in [0.717, 1.165) is 61.4 Å². The predicted octanol–water partition coefficient (Wildman–Crippen LogP) is 5.58. The number of carboxylic acids is 1. The number of aromatic nitrogens is 1. The van der Waals surface area contributed by atoms with Crippen LogP contribution in [0.2, 0.25) is 0 Å². The quantitative estimate of drug-likeness (QED) is 0.278. The number of thioether (sulfide) groups is 1. The maximum absolute atomic E-state index is 12.9. The lowest BCUT2D eigenvalue weighted by Gasteiger charge is -2.14. The third-order valence-corrected chi connectivity index (χ3v) is 6.74. The van der Waals surface area contributed by atoms with Crippen molar-refractivity contribution in [3.05, 3.63) is 40.9 Å². The first-order valence-electron chi connectivity index (χ1n) is 10.5. The molecule has 1 N–H and O–H groups in total. The van der Waals surface area contributed by atoms with Gasteiger partial charge in [-0.05, 0) is 25.0 Å². The number of carboxylic acid groups (broad SMARTS) is 1. The van der Waals surface area contributed by atoms with Gasteiger partial charge in [0, 0.05) is 42.7 Å². The minimum Gasteiger partial charge on any atom is -0.481 e. The molecule has 0 unspecified atom stereocenters. The minimum absolute atomic E-state index is 0.00612. The van der Waals surface area contributed by atoms with E-state index in [0.29, 0.717) is 15.8 Å². The average molecular weight is 445 g/mol. The first-order valence-corrected chi connectivity index (χ1v) is 11.7. The Hall–Kier alpha value is -2.12. The van der Waals surface area contributed by atoms with Gasteiger partial charge in [-0.1, -0.05) is 74.3 Å². The number of aryl methyl sites for hydroxylation is 1. The van der Waals surface area contributed by atoms with Crippen LogP contribution in [0, 0.1) is 0 Å². The van der Waals surface area contributed by atoms with Crippen LogP contribution in [0.15, 0.2) is 35.4 Å². The number of fused-ring (bicyclic) bond motifs is 1. The van der Waals surface area contributed by atoms with Gasteiger partial charge in [0.25, 0.3) is 5.91 Å². The smallest absolute Gasteiger partial charge is 0.303 e. The van der Waals surface area contributed by atoms with Crippen LogP contribution in [0.4, 0.5) is 0 Å². The van der Waals surface area contributed by atoms with Gasteiger partial charge in [-0.2, -0.15) is 0 Å². The van der Waals surface area contributed by atoms with E-state index in [1.165, 1.54) is 11.8 Å². The van der Waals surface area contributed by atoms with Gasteiger partial charge < -0.3 is 9.67 Å². The summed E-state index contributed by atoms with van der Waals surface area (Å²) in [6.07, 6.45) is 11.3. The van der Waals surface area contributed by atoms with Crippen molar-refractivity contribution in [2.45, 2.75) is 51.4 Å². The summed E-state index contributed by atoms with van der Waals surface area (Å²) >= 11 is 6.84. The third kappa shape index (κ3) is 5.73. The lowest BCUT2D eigenvalue weighted by atomic mass is 10.1. The van der Waals surface area contributed by atoms with E-state index in [2.05, 4.69) is 16.7 Å². The number of unbranched alkanes of at least 4 members (excludes halogenated alkanes) is 6. The summed E-state index contributed by atoms with van der Waals surface area (Å²) in [5.41, 5.74) is 2.18. The van der Waals surface area contributed by atoms with Gasteiger partial charge >= 0.3 is 5.97 Å². The Bertz CT molecular complexity index is 965. The average Bonchev–Trinajstić information content (AvgIpc) is 3.17. The van der Waals surface area contributed by atoms with E-state index in [9.17, 15) is 9.59 Å². The van der Waals surface area contributed by atoms with Crippen molar-refractivity contribution < 1.29 is 14.7 Å². The molecule has 0 spiro atoms. The van der Waals surface area contributed by atoms with Crippen LogP contribution in [0.5, 0.6) is 0 Å². The molecular weight excluding hydrogens is 416 g/mol. The van der Waals surface area contributed by atoms with Crippen molar-refractivity contribution in [1.82, 2.24) is 9.47 Å². The fourth-order valence-electron chi connectivity index (χ4n) is 3.75. The molecule has 1 aliphatic rings. The topological polar surface area (TPSA) is 62.5 Å². The van der Waals surface area contributed by atoms with Gasteiger partial charge in [-0.25, -0.2) is 0 Å². The monoisotopic (exact) mass is 444 g/mol. The van der Waals surface area contributed by atoms with Crippen LogP contribution in [0.1, 0.15) is 56.9 Å². The zero-order valence-electron chi connectivity index (χ0n) is 17.3. The van der Waals surface area contributed by atoms with Crippen molar-refractivity contribution in [2.75, 3.05) is 6.54 Å². The van der Waals surface area contributed by atoms with Gasteiger partial charge in [0.2, 0.25) is 0 Å². The zero-order chi connectivity index (χ0) is 21.5. The zero-order valence-corrected chi connectivity index (χ0v) is 18.9. The Labute approximate surface area is 187 Å². The molecule has 2 aromatic rings. The van der Waals surface area contributed by atoms with Crippen molar-refractivity contribution >= 4 is 57.2 Å². The van der Waals surface area contributed by atoms with Gasteiger partial charge in [0.1, 0.15) is 4.32 Å². The number of amides is 1. The fraction of sp³-hybridized carbons (Fsp3) is 0.435. The van der Waals surface area contributed by atoms with Gasteiger partial charge in [0.15, 0.2) is 0 Å². The first kappa shape index (κ1) is 22.6. The number of hydrogen-bond donors (Lipinski definition) is 1. The summed E-state index contributed by atoms with van der Waals surface area (Å²) in [5.74, 6) is -0.709. The van der Waals surface area contributed by atoms with Crippen LogP contribution in [-0.2, 0) is 16.6 Å². The number of para-hydroxylation sites is 1. The molecule has 1 amide bonds. The predicted molar refractivity (Wildman–Crippen MR) is 127 cm³/mol. The molecule has 0 bridgehead atoms. The molecule has 5 nitrogen and oxygen atoms in total. The van der Waals surface area contributed by atoms with E-state index < -0.39 is 5.97 Å². The Morgan fingerprint density at radius 2 is 1.77 bits per heavy atom. The number of carbonyl (C=O) groups excluding carboxylic acids is 1. The second-order valence-electron chi connectivity index (χ2n) is 7.66. The number of benzene rings is 1. The van der Waals surface area contributed by atoms with E-state index in [1.807, 2.05) is 31.5 Å². The molecule has 0 saturated carbocycles. The highest BCUT2D eigenvalue weighted by Crippen LogP contribution is 2.34. The summed E-state index contributed by atoms with van der Waals surface area (Å²) < 4.78 is 2.71. The molecule has 1 aromatic heterocycles. The van der Waals surface area contributed by atoms with Gasteiger partial charge in [-0.15, -0.1) is 0 Å². The number of hydrogen-bond acceptors (Lipinski definition) is 4. The van der Waals surface area contributed by atoms with Crippen LogP contribution < -0.4 is 0 Å². The highest BCUT2D eigenvalue weighted by Gasteiger charge is 2.31. The molecule has 30 heavy (non-hydrogen) atoms. The molecule has 1 aromatic carbocycles. The highest BCUT2D eigenvalue weighted by molar-refractivity contribution is 8.26. The standard InChI is InChI=1S/C23H28N2O3S2/c1-24-16-17(18-11-8-9-12-19(18)24)15-20-22(28)25(23(29)30-20)14-10-6-4-2-3-5-7-13-21(26)27/h8-9,11-12,15-16H,2-7,10,13-14H2,1H3,(H,26,27)/b20-15-. The molecule has 2 heterocycles. The fourth-order valence-corrected chi connectivity index (χ4v) is 5.05. The van der Waals surface area contributed by atoms with Crippen molar-refractivity contribution in [3.8, 4) is 0 Å². The number of carbonyl (C=O) groups is 2. The molecule has 3 rings (SSSR count). The van der Waals surface area contributed by atoms with Crippen LogP contribution in [0.25, 0.3) is 17.0 Å². The number of aliphatic carboxylic acids is 1. The largest absolute Gasteiger partial charge is 0.481 e. The summed E-state index contributed by atoms with van der Waals surface area (Å²) in [4.78, 5) is 25.8. The molecule has 1 saturated heterocycles. The Kier molecular flexibility index (Phi) is 8.10. The van der Waals surface area contributed by atoms with Crippen LogP contribution >= 0.6 is 24.0 Å². The summed E-state index contributed by atoms with van der Waals surface area (Å²) in [5, 5.41) is 9.77. The van der Waals surface area contributed by atoms with Crippen LogP contribution in [-0.4, -0.2) is 37.3 Å². The number of nitrogens with zero attached hydrogens (tertiary/aromatic N) is 2. The lowest BCUT2D eigenvalue weighted by Crippen LogP contribution is -2.29. The second kappa shape index (κ2) is 10.8. The summed E-state index contributed by atoms with van der Waals surface area (Å²) in [6, 6.07) is 8.17. The van der Waals surface area contributed by atoms with Crippen molar-refractivity contribution in [2.24, 2.45) is 7.05 Å². The van der Waals surface area contributed by atoms with E-state index in [1.54, 1.807) is 4.90 Å². The highest BCUT2D eigenvalue weighted by atomic mass is 32.2.